The van der Waals surface area contributed by atoms with Gasteiger partial charge in [-0.25, -0.2) is 0 Å². The van der Waals surface area contributed by atoms with Crippen molar-refractivity contribution in [3.05, 3.63) is 23.0 Å². The van der Waals surface area contributed by atoms with E-state index in [4.69, 9.17) is 0 Å². The molecule has 0 bridgehead atoms. The number of nitrogens with zero attached hydrogens (tertiary/aromatic N) is 6. The molecule has 3 rings (SSSR count). The lowest BCUT2D eigenvalue weighted by Crippen LogP contribution is -2.28. The third kappa shape index (κ3) is 3.00. The Morgan fingerprint density at radius 2 is 2.22 bits per heavy atom. The zero-order chi connectivity index (χ0) is 16.4. The van der Waals surface area contributed by atoms with Gasteiger partial charge in [0.1, 0.15) is 18.2 Å². The van der Waals surface area contributed by atoms with Gasteiger partial charge in [-0.1, -0.05) is 0 Å². The van der Waals surface area contributed by atoms with E-state index in [1.165, 1.54) is 0 Å². The van der Waals surface area contributed by atoms with Crippen LogP contribution in [0, 0.1) is 11.3 Å². The first-order chi connectivity index (χ1) is 11.1. The Hall–Kier alpha value is -2.17. The summed E-state index contributed by atoms with van der Waals surface area (Å²) in [5.41, 5.74) is 3.86. The second-order valence-corrected chi connectivity index (χ2v) is 6.39. The Morgan fingerprint density at radius 1 is 1.39 bits per heavy atom. The summed E-state index contributed by atoms with van der Waals surface area (Å²) >= 11 is 0. The third-order valence-electron chi connectivity index (χ3n) is 4.32. The van der Waals surface area contributed by atoms with Crippen molar-refractivity contribution >= 4 is 11.5 Å². The van der Waals surface area contributed by atoms with Crippen molar-refractivity contribution < 1.29 is 0 Å². The van der Waals surface area contributed by atoms with Crippen LogP contribution in [0.2, 0.25) is 0 Å². The number of aromatic nitrogens is 3. The van der Waals surface area contributed by atoms with Crippen LogP contribution in [0.3, 0.4) is 0 Å². The Bertz CT molecular complexity index is 741. The summed E-state index contributed by atoms with van der Waals surface area (Å²) in [5.74, 6) is 0.828. The van der Waals surface area contributed by atoms with Crippen LogP contribution in [0.25, 0.3) is 5.65 Å². The molecule has 1 aliphatic heterocycles. The van der Waals surface area contributed by atoms with Crippen molar-refractivity contribution in [2.75, 3.05) is 46.1 Å². The van der Waals surface area contributed by atoms with E-state index in [0.717, 1.165) is 67.2 Å². The van der Waals surface area contributed by atoms with Gasteiger partial charge in [0.05, 0.1) is 5.56 Å². The predicted octanol–water partition coefficient (Wildman–Crippen LogP) is 0.952. The number of nitrogens with one attached hydrogen (secondary N) is 1. The summed E-state index contributed by atoms with van der Waals surface area (Å²) in [6, 6.07) is 2.40. The molecule has 0 radical (unpaired) electrons. The summed E-state index contributed by atoms with van der Waals surface area (Å²) in [4.78, 5) is 4.41. The zero-order valence-electron chi connectivity index (χ0n) is 14.0. The molecule has 0 amide bonds. The first-order valence-corrected chi connectivity index (χ1v) is 7.96. The molecular formula is C16H23N7. The number of fused-ring (bicyclic) bond motifs is 3. The smallest absolute Gasteiger partial charge is 0.167 e. The highest BCUT2D eigenvalue weighted by atomic mass is 15.3. The summed E-state index contributed by atoms with van der Waals surface area (Å²) in [6.45, 7) is 3.61. The molecule has 23 heavy (non-hydrogen) atoms. The molecule has 2 aromatic heterocycles. The maximum absolute atomic E-state index is 9.72. The number of nitriles is 1. The second-order valence-electron chi connectivity index (χ2n) is 6.39. The Morgan fingerprint density at radius 3 is 2.96 bits per heavy atom. The fraction of sp³-hybridized carbons (Fsp3) is 0.562. The van der Waals surface area contributed by atoms with Gasteiger partial charge in [0.25, 0.3) is 0 Å². The SMILES string of the molecule is CN(C)CCCNc1c(C#N)c2c(c3nncn13)CN(C)CC2. The van der Waals surface area contributed by atoms with Gasteiger partial charge in [-0.15, -0.1) is 10.2 Å². The van der Waals surface area contributed by atoms with E-state index in [0.29, 0.717) is 0 Å². The Balaban J connectivity index is 1.99. The normalized spacial score (nSPS) is 14.9. The van der Waals surface area contributed by atoms with E-state index in [-0.39, 0.29) is 0 Å². The van der Waals surface area contributed by atoms with Gasteiger partial charge >= 0.3 is 0 Å². The van der Waals surface area contributed by atoms with Crippen molar-refractivity contribution in [3.63, 3.8) is 0 Å². The number of pyridine rings is 1. The van der Waals surface area contributed by atoms with Crippen molar-refractivity contribution in [2.45, 2.75) is 19.4 Å². The lowest BCUT2D eigenvalue weighted by Gasteiger charge is -2.27. The van der Waals surface area contributed by atoms with Gasteiger partial charge < -0.3 is 15.1 Å². The molecule has 0 saturated carbocycles. The van der Waals surface area contributed by atoms with Crippen LogP contribution >= 0.6 is 0 Å². The van der Waals surface area contributed by atoms with Crippen LogP contribution in [0.15, 0.2) is 6.33 Å². The summed E-state index contributed by atoms with van der Waals surface area (Å²) in [6.07, 6.45) is 3.59. The molecule has 0 aromatic carbocycles. The topological polar surface area (TPSA) is 72.5 Å². The van der Waals surface area contributed by atoms with E-state index >= 15 is 0 Å². The number of hydrogen-bond acceptors (Lipinski definition) is 6. The van der Waals surface area contributed by atoms with Gasteiger partial charge in [-0.05, 0) is 46.1 Å². The molecule has 7 nitrogen and oxygen atoms in total. The molecule has 0 saturated heterocycles. The highest BCUT2D eigenvalue weighted by molar-refractivity contribution is 5.68. The molecule has 122 valence electrons. The average Bonchev–Trinajstić information content (AvgIpc) is 3.00. The van der Waals surface area contributed by atoms with Crippen LogP contribution in [0.4, 0.5) is 5.82 Å². The quantitative estimate of drug-likeness (QED) is 0.829. The Kier molecular flexibility index (Phi) is 4.46. The number of likely N-dealkylation sites (N-methyl/N-ethyl adjacent to an activating group) is 1. The van der Waals surface area contributed by atoms with E-state index < -0.39 is 0 Å². The van der Waals surface area contributed by atoms with Crippen molar-refractivity contribution in [3.8, 4) is 6.07 Å². The minimum Gasteiger partial charge on any atom is -0.370 e. The van der Waals surface area contributed by atoms with E-state index in [2.05, 4.69) is 52.5 Å². The minimum absolute atomic E-state index is 0.741. The fourth-order valence-electron chi connectivity index (χ4n) is 3.14. The van der Waals surface area contributed by atoms with Crippen LogP contribution in [0.1, 0.15) is 23.1 Å². The lowest BCUT2D eigenvalue weighted by atomic mass is 9.96. The van der Waals surface area contributed by atoms with Gasteiger partial charge in [-0.2, -0.15) is 5.26 Å². The summed E-state index contributed by atoms with van der Waals surface area (Å²) in [7, 11) is 6.22. The minimum atomic E-state index is 0.741. The molecule has 0 atom stereocenters. The van der Waals surface area contributed by atoms with Gasteiger partial charge in [0.15, 0.2) is 5.65 Å². The largest absolute Gasteiger partial charge is 0.370 e. The molecule has 1 aliphatic rings. The fourth-order valence-corrected chi connectivity index (χ4v) is 3.14. The van der Waals surface area contributed by atoms with Crippen molar-refractivity contribution in [1.29, 1.82) is 5.26 Å². The molecule has 1 N–H and O–H groups in total. The third-order valence-corrected chi connectivity index (χ3v) is 4.32. The van der Waals surface area contributed by atoms with E-state index in [1.807, 2.05) is 4.40 Å². The molecule has 3 heterocycles. The summed E-state index contributed by atoms with van der Waals surface area (Å²) in [5, 5.41) is 21.5. The maximum Gasteiger partial charge on any atom is 0.167 e. The highest BCUT2D eigenvalue weighted by Crippen LogP contribution is 2.30. The van der Waals surface area contributed by atoms with Crippen molar-refractivity contribution in [2.24, 2.45) is 0 Å². The first kappa shape index (κ1) is 15.7. The molecule has 7 heteroatoms. The van der Waals surface area contributed by atoms with Crippen LogP contribution in [-0.2, 0) is 13.0 Å². The standard InChI is InChI=1S/C16H23N7/c1-21(2)7-4-6-18-15-13(9-17)12-5-8-22(3)10-14(12)16-20-19-11-23(15)16/h11,18H,4-8,10H2,1-3H3. The van der Waals surface area contributed by atoms with Crippen LogP contribution in [0.5, 0.6) is 0 Å². The number of rotatable bonds is 5. The number of anilines is 1. The van der Waals surface area contributed by atoms with Gasteiger partial charge in [0, 0.05) is 25.2 Å². The average molecular weight is 313 g/mol. The maximum atomic E-state index is 9.72. The van der Waals surface area contributed by atoms with E-state index in [9.17, 15) is 5.26 Å². The highest BCUT2D eigenvalue weighted by Gasteiger charge is 2.24. The predicted molar refractivity (Wildman–Crippen MR) is 89.4 cm³/mol. The molecule has 0 fully saturated rings. The summed E-state index contributed by atoms with van der Waals surface area (Å²) < 4.78 is 1.92. The molecule has 0 unspecified atom stereocenters. The Labute approximate surface area is 136 Å². The van der Waals surface area contributed by atoms with Crippen LogP contribution < -0.4 is 5.32 Å². The lowest BCUT2D eigenvalue weighted by molar-refractivity contribution is 0.313. The van der Waals surface area contributed by atoms with E-state index in [1.54, 1.807) is 6.33 Å². The van der Waals surface area contributed by atoms with Crippen molar-refractivity contribution in [1.82, 2.24) is 24.4 Å². The monoisotopic (exact) mass is 313 g/mol. The molecule has 0 aliphatic carbocycles. The second kappa shape index (κ2) is 6.52. The first-order valence-electron chi connectivity index (χ1n) is 7.96. The number of hydrogen-bond donors (Lipinski definition) is 1. The van der Waals surface area contributed by atoms with Gasteiger partial charge in [0.2, 0.25) is 0 Å². The molecular weight excluding hydrogens is 290 g/mol. The van der Waals surface area contributed by atoms with Crippen LogP contribution in [-0.4, -0.2) is 65.2 Å². The van der Waals surface area contributed by atoms with Gasteiger partial charge in [-0.3, -0.25) is 4.40 Å². The zero-order valence-corrected chi connectivity index (χ0v) is 14.0. The molecule has 2 aromatic rings. The molecule has 0 spiro atoms.